The number of unbranched alkanes of at least 4 members (excludes halogenated alkanes) is 2. The minimum Gasteiger partial charge on any atom is -0.351 e. The second-order valence-electron chi connectivity index (χ2n) is 5.25. The summed E-state index contributed by atoms with van der Waals surface area (Å²) in [7, 11) is -3.28. The van der Waals surface area contributed by atoms with Crippen LogP contribution in [0.3, 0.4) is 0 Å². The van der Waals surface area contributed by atoms with Gasteiger partial charge in [-0.05, 0) is 24.6 Å². The van der Waals surface area contributed by atoms with Crippen molar-refractivity contribution >= 4 is 39.1 Å². The van der Waals surface area contributed by atoms with E-state index in [0.29, 0.717) is 22.2 Å². The van der Waals surface area contributed by atoms with Crippen LogP contribution >= 0.6 is 23.2 Å². The molecule has 0 spiro atoms. The molecule has 1 rings (SSSR count). The molecule has 0 aromatic heterocycles. The predicted octanol–water partition coefficient (Wildman–Crippen LogP) is 3.18. The zero-order chi connectivity index (χ0) is 17.5. The van der Waals surface area contributed by atoms with Gasteiger partial charge in [-0.3, -0.25) is 4.79 Å². The van der Waals surface area contributed by atoms with Gasteiger partial charge < -0.3 is 5.32 Å². The summed E-state index contributed by atoms with van der Waals surface area (Å²) < 4.78 is 24.9. The lowest BCUT2D eigenvalue weighted by atomic mass is 10.2. The average molecular weight is 381 g/mol. The van der Waals surface area contributed by atoms with Crippen molar-refractivity contribution in [3.63, 3.8) is 0 Å². The molecular weight excluding hydrogens is 359 g/mol. The van der Waals surface area contributed by atoms with Crippen LogP contribution < -0.4 is 5.32 Å². The average Bonchev–Trinajstić information content (AvgIpc) is 2.47. The second kappa shape index (κ2) is 9.47. The summed E-state index contributed by atoms with van der Waals surface area (Å²) in [6.45, 7) is 3.01. The summed E-state index contributed by atoms with van der Waals surface area (Å²) in [6, 6.07) is 4.60. The molecule has 0 aliphatic carbocycles. The highest BCUT2D eigenvalue weighted by molar-refractivity contribution is 7.88. The molecule has 0 bridgehead atoms. The normalized spacial score (nSPS) is 11.7. The van der Waals surface area contributed by atoms with Crippen molar-refractivity contribution in [2.24, 2.45) is 0 Å². The third-order valence-corrected chi connectivity index (χ3v) is 5.35. The number of nitrogens with zero attached hydrogens (tertiary/aromatic N) is 1. The molecule has 0 saturated heterocycles. The number of carbonyl (C=O) groups excluding carboxylic acids is 1. The van der Waals surface area contributed by atoms with Crippen LogP contribution in [0.15, 0.2) is 18.2 Å². The highest BCUT2D eigenvalue weighted by Gasteiger charge is 2.16. The van der Waals surface area contributed by atoms with Gasteiger partial charge >= 0.3 is 0 Å². The van der Waals surface area contributed by atoms with Crippen LogP contribution in [-0.2, 0) is 10.0 Å². The summed E-state index contributed by atoms with van der Waals surface area (Å²) in [5, 5.41) is 3.37. The van der Waals surface area contributed by atoms with E-state index in [1.54, 1.807) is 12.1 Å². The quantitative estimate of drug-likeness (QED) is 0.668. The van der Waals surface area contributed by atoms with Gasteiger partial charge in [0.2, 0.25) is 10.0 Å². The van der Waals surface area contributed by atoms with Crippen molar-refractivity contribution in [1.82, 2.24) is 9.62 Å². The zero-order valence-electron chi connectivity index (χ0n) is 13.3. The zero-order valence-corrected chi connectivity index (χ0v) is 15.6. The van der Waals surface area contributed by atoms with Crippen LogP contribution in [0.5, 0.6) is 0 Å². The summed E-state index contributed by atoms with van der Waals surface area (Å²) in [4.78, 5) is 12.0. The van der Waals surface area contributed by atoms with Crippen LogP contribution in [0.25, 0.3) is 0 Å². The molecule has 0 atom stereocenters. The number of rotatable bonds is 9. The first-order valence-electron chi connectivity index (χ1n) is 7.44. The van der Waals surface area contributed by atoms with Gasteiger partial charge in [-0.25, -0.2) is 12.7 Å². The first kappa shape index (κ1) is 20.2. The monoisotopic (exact) mass is 380 g/mol. The molecule has 0 aliphatic heterocycles. The topological polar surface area (TPSA) is 66.5 Å². The number of amides is 1. The molecule has 0 unspecified atom stereocenters. The van der Waals surface area contributed by atoms with Gasteiger partial charge in [-0.1, -0.05) is 43.0 Å². The Hall–Kier alpha value is -0.820. The van der Waals surface area contributed by atoms with Crippen LogP contribution in [0.2, 0.25) is 10.0 Å². The van der Waals surface area contributed by atoms with E-state index < -0.39 is 10.0 Å². The highest BCUT2D eigenvalue weighted by atomic mass is 35.5. The highest BCUT2D eigenvalue weighted by Crippen LogP contribution is 2.22. The standard InChI is InChI=1S/C15H22Cl2N2O3S/c1-3-4-5-9-19(23(2,21)22)10-8-18-15(20)12-6-7-13(16)14(17)11-12/h6-7,11H,3-5,8-10H2,1-2H3,(H,18,20). The van der Waals surface area contributed by atoms with Gasteiger partial charge in [0.15, 0.2) is 0 Å². The van der Waals surface area contributed by atoms with Crippen molar-refractivity contribution in [3.8, 4) is 0 Å². The van der Waals surface area contributed by atoms with Crippen molar-refractivity contribution < 1.29 is 13.2 Å². The van der Waals surface area contributed by atoms with E-state index in [4.69, 9.17) is 23.2 Å². The van der Waals surface area contributed by atoms with E-state index in [2.05, 4.69) is 12.2 Å². The van der Waals surface area contributed by atoms with Crippen molar-refractivity contribution in [1.29, 1.82) is 0 Å². The lowest BCUT2D eigenvalue weighted by molar-refractivity contribution is 0.0951. The number of hydrogen-bond donors (Lipinski definition) is 1. The maximum Gasteiger partial charge on any atom is 0.251 e. The van der Waals surface area contributed by atoms with E-state index in [0.717, 1.165) is 19.3 Å². The molecule has 0 heterocycles. The Kier molecular flexibility index (Phi) is 8.33. The lowest BCUT2D eigenvalue weighted by Crippen LogP contribution is -2.38. The molecule has 1 aromatic rings. The summed E-state index contributed by atoms with van der Waals surface area (Å²) in [5.74, 6) is -0.314. The number of nitrogens with one attached hydrogen (secondary N) is 1. The number of benzene rings is 1. The minimum atomic E-state index is -3.28. The third kappa shape index (κ3) is 7.08. The maximum atomic E-state index is 12.0. The molecule has 1 N–H and O–H groups in total. The number of halogens is 2. The smallest absolute Gasteiger partial charge is 0.251 e. The van der Waals surface area contributed by atoms with E-state index in [9.17, 15) is 13.2 Å². The summed E-state index contributed by atoms with van der Waals surface area (Å²) >= 11 is 11.7. The van der Waals surface area contributed by atoms with Gasteiger partial charge in [0.1, 0.15) is 0 Å². The largest absolute Gasteiger partial charge is 0.351 e. The van der Waals surface area contributed by atoms with Crippen LogP contribution in [0.1, 0.15) is 36.5 Å². The van der Waals surface area contributed by atoms with Crippen LogP contribution in [0.4, 0.5) is 0 Å². The molecule has 1 aromatic carbocycles. The molecular formula is C15H22Cl2N2O3S. The number of hydrogen-bond acceptors (Lipinski definition) is 3. The third-order valence-electron chi connectivity index (χ3n) is 3.31. The Morgan fingerprint density at radius 1 is 1.17 bits per heavy atom. The van der Waals surface area contributed by atoms with E-state index >= 15 is 0 Å². The molecule has 0 radical (unpaired) electrons. The molecule has 23 heavy (non-hydrogen) atoms. The Bertz CT molecular complexity index is 636. The van der Waals surface area contributed by atoms with Gasteiger partial charge in [-0.2, -0.15) is 0 Å². The molecule has 130 valence electrons. The van der Waals surface area contributed by atoms with Crippen molar-refractivity contribution in [2.45, 2.75) is 26.2 Å². The fourth-order valence-electron chi connectivity index (χ4n) is 2.02. The molecule has 1 amide bonds. The first-order chi connectivity index (χ1) is 10.8. The summed E-state index contributed by atoms with van der Waals surface area (Å²) in [5.41, 5.74) is 0.385. The first-order valence-corrected chi connectivity index (χ1v) is 10.0. The van der Waals surface area contributed by atoms with E-state index in [1.807, 2.05) is 0 Å². The Morgan fingerprint density at radius 3 is 2.43 bits per heavy atom. The Morgan fingerprint density at radius 2 is 1.87 bits per heavy atom. The van der Waals surface area contributed by atoms with Crippen molar-refractivity contribution in [3.05, 3.63) is 33.8 Å². The predicted molar refractivity (Wildman–Crippen MR) is 94.7 cm³/mol. The molecule has 0 aliphatic rings. The van der Waals surface area contributed by atoms with Gasteiger partial charge in [0.05, 0.1) is 16.3 Å². The van der Waals surface area contributed by atoms with Crippen LogP contribution in [0, 0.1) is 0 Å². The van der Waals surface area contributed by atoms with Crippen molar-refractivity contribution in [2.75, 3.05) is 25.9 Å². The maximum absolute atomic E-state index is 12.0. The fourth-order valence-corrected chi connectivity index (χ4v) is 3.20. The molecule has 5 nitrogen and oxygen atoms in total. The summed E-state index contributed by atoms with van der Waals surface area (Å²) in [6.07, 6.45) is 3.98. The SMILES string of the molecule is CCCCCN(CCNC(=O)c1ccc(Cl)c(Cl)c1)S(C)(=O)=O. The van der Waals surface area contributed by atoms with E-state index in [1.165, 1.54) is 16.6 Å². The number of carbonyl (C=O) groups is 1. The van der Waals surface area contributed by atoms with Crippen LogP contribution in [-0.4, -0.2) is 44.5 Å². The van der Waals surface area contributed by atoms with Gasteiger partial charge in [0.25, 0.3) is 5.91 Å². The number of sulfonamides is 1. The fraction of sp³-hybridized carbons (Fsp3) is 0.533. The molecule has 0 saturated carbocycles. The van der Waals surface area contributed by atoms with E-state index in [-0.39, 0.29) is 19.0 Å². The Balaban J connectivity index is 2.54. The second-order valence-corrected chi connectivity index (χ2v) is 8.05. The lowest BCUT2D eigenvalue weighted by Gasteiger charge is -2.20. The molecule has 0 fully saturated rings. The van der Waals surface area contributed by atoms with Gasteiger partial charge in [0, 0.05) is 25.2 Å². The minimum absolute atomic E-state index is 0.234. The van der Waals surface area contributed by atoms with Gasteiger partial charge in [-0.15, -0.1) is 0 Å². The Labute approximate surface area is 148 Å². The molecule has 8 heteroatoms.